The molecule has 1 saturated heterocycles. The van der Waals surface area contributed by atoms with E-state index >= 15 is 0 Å². The van der Waals surface area contributed by atoms with Crippen LogP contribution in [-0.2, 0) is 46.3 Å². The molecule has 0 saturated carbocycles. The summed E-state index contributed by atoms with van der Waals surface area (Å²) in [6.45, 7) is 6.85. The van der Waals surface area contributed by atoms with Gasteiger partial charge in [0.05, 0.1) is 13.2 Å². The van der Waals surface area contributed by atoms with Crippen molar-refractivity contribution in [3.63, 3.8) is 0 Å². The van der Waals surface area contributed by atoms with Gasteiger partial charge in [0.1, 0.15) is 30.7 Å². The molecule has 1 aliphatic rings. The van der Waals surface area contributed by atoms with Crippen molar-refractivity contribution in [1.82, 2.24) is 9.55 Å². The lowest BCUT2D eigenvalue weighted by molar-refractivity contribution is -0.161. The number of hydrogen-bond donors (Lipinski definition) is 5. The molecule has 1 fully saturated rings. The smallest absolute Gasteiger partial charge is 0.462 e. The molecule has 426 valence electrons. The number of nitrogen functional groups attached to an aromatic ring is 1. The number of aliphatic hydroxyl groups is 2. The number of nitrogens with zero attached hydrogens (tertiary/aromatic N) is 2. The number of hydrogen-bond acceptors (Lipinski definition) is 15. The third kappa shape index (κ3) is 34.2. The summed E-state index contributed by atoms with van der Waals surface area (Å²) >= 11 is 0. The Morgan fingerprint density at radius 3 is 1.44 bits per heavy atom. The summed E-state index contributed by atoms with van der Waals surface area (Å²) in [6, 6.07) is 1.25. The van der Waals surface area contributed by atoms with E-state index < -0.39 is 83.7 Å². The SMILES string of the molecule is CC(C)CCCCCCCCCCCCCCCCCCCCC(=O)O[C@H](COC(=O)CCCCCCCCCCCCCC(C)C)COP(=O)(O)OP(=O)(O)OC[C@H]1O[C@@H](n2ccc(N)nc2=O)C(O)[C@H]1O. The van der Waals surface area contributed by atoms with Crippen LogP contribution in [0.25, 0.3) is 0 Å². The van der Waals surface area contributed by atoms with Crippen molar-refractivity contribution in [3.8, 4) is 0 Å². The summed E-state index contributed by atoms with van der Waals surface area (Å²) in [4.78, 5) is 62.1. The molecule has 0 bridgehead atoms. The Morgan fingerprint density at radius 2 is 1.01 bits per heavy atom. The number of ether oxygens (including phenoxy) is 3. The van der Waals surface area contributed by atoms with Gasteiger partial charge in [-0.15, -0.1) is 0 Å². The highest BCUT2D eigenvalue weighted by Crippen LogP contribution is 2.60. The highest BCUT2D eigenvalue weighted by atomic mass is 31.3. The van der Waals surface area contributed by atoms with Crippen LogP contribution in [-0.4, -0.2) is 85.7 Å². The second-order valence-electron chi connectivity index (χ2n) is 21.1. The first-order valence-electron chi connectivity index (χ1n) is 28.3. The largest absolute Gasteiger partial charge is 0.481 e. The maximum Gasteiger partial charge on any atom is 0.481 e. The molecule has 0 radical (unpaired) electrons. The van der Waals surface area contributed by atoms with Crippen molar-refractivity contribution in [3.05, 3.63) is 22.7 Å². The zero-order chi connectivity index (χ0) is 53.7. The fourth-order valence-electron chi connectivity index (χ4n) is 8.92. The van der Waals surface area contributed by atoms with Gasteiger partial charge in [0.2, 0.25) is 0 Å². The molecule has 0 amide bonds. The topological polar surface area (TPSA) is 265 Å². The summed E-state index contributed by atoms with van der Waals surface area (Å²) in [5, 5.41) is 20.9. The quantitative estimate of drug-likeness (QED) is 0.0231. The fraction of sp³-hybridized carbons (Fsp3) is 0.887. The van der Waals surface area contributed by atoms with Gasteiger partial charge in [-0.3, -0.25) is 23.2 Å². The average molecular weight is 1080 g/mol. The Labute approximate surface area is 438 Å². The first-order chi connectivity index (χ1) is 34.9. The highest BCUT2D eigenvalue weighted by Gasteiger charge is 2.46. The van der Waals surface area contributed by atoms with Gasteiger partial charge in [0.15, 0.2) is 12.3 Å². The number of esters is 2. The van der Waals surface area contributed by atoms with E-state index in [4.69, 9.17) is 29.0 Å². The standard InChI is InChI=1S/C53H99N3O15P2/c1-43(2)34-30-26-22-18-14-11-9-7-5-6-8-10-12-16-21-25-29-33-37-49(58)69-45(40-66-48(57)36-32-28-24-20-17-13-15-19-23-27-31-35-44(3)4)41-67-72(62,63)71-73(64,65)68-42-46-50(59)51(60)52(70-46)56-39-38-47(54)55-53(56)61/h38-39,43-46,50-52,59-60H,5-37,40-42H2,1-4H3,(H,62,63)(H,64,65)(H2,54,55,61)/t45-,46-,50+,51?,52-/m1/s1. The lowest BCUT2D eigenvalue weighted by Gasteiger charge is -2.21. The molecule has 18 nitrogen and oxygen atoms in total. The molecule has 0 aromatic carbocycles. The van der Waals surface area contributed by atoms with Gasteiger partial charge in [0, 0.05) is 19.0 Å². The van der Waals surface area contributed by atoms with Gasteiger partial charge in [-0.05, 0) is 30.7 Å². The molecule has 2 heterocycles. The summed E-state index contributed by atoms with van der Waals surface area (Å²) in [6.07, 6.45) is 30.4. The second kappa shape index (κ2) is 40.0. The molecule has 0 aliphatic carbocycles. The Morgan fingerprint density at radius 1 is 0.616 bits per heavy atom. The molecule has 1 aromatic rings. The molecule has 0 spiro atoms. The number of phosphoric ester groups is 2. The van der Waals surface area contributed by atoms with Crippen LogP contribution < -0.4 is 11.4 Å². The van der Waals surface area contributed by atoms with Gasteiger partial charge < -0.3 is 39.9 Å². The number of aromatic nitrogens is 2. The second-order valence-corrected chi connectivity index (χ2v) is 24.2. The Balaban J connectivity index is 1.74. The van der Waals surface area contributed by atoms with Gasteiger partial charge in [-0.1, -0.05) is 214 Å². The van der Waals surface area contributed by atoms with Crippen molar-refractivity contribution in [2.24, 2.45) is 11.8 Å². The number of nitrogens with two attached hydrogens (primary N) is 1. The van der Waals surface area contributed by atoms with Crippen LogP contribution >= 0.6 is 15.6 Å². The Hall–Kier alpha value is -2.24. The molecule has 3 unspecified atom stereocenters. The average Bonchev–Trinajstić information content (AvgIpc) is 3.60. The predicted octanol–water partition coefficient (Wildman–Crippen LogP) is 12.3. The maximum atomic E-state index is 12.9. The van der Waals surface area contributed by atoms with E-state index in [9.17, 15) is 43.5 Å². The van der Waals surface area contributed by atoms with E-state index in [1.807, 2.05) is 0 Å². The van der Waals surface area contributed by atoms with Crippen molar-refractivity contribution in [2.45, 2.75) is 270 Å². The van der Waals surface area contributed by atoms with Gasteiger partial charge in [-0.25, -0.2) is 13.9 Å². The summed E-state index contributed by atoms with van der Waals surface area (Å²) < 4.78 is 57.0. The number of anilines is 1. The molecule has 6 N–H and O–H groups in total. The third-order valence-corrected chi connectivity index (χ3v) is 15.9. The van der Waals surface area contributed by atoms with E-state index in [0.29, 0.717) is 12.8 Å². The van der Waals surface area contributed by atoms with Crippen LogP contribution in [0.5, 0.6) is 0 Å². The van der Waals surface area contributed by atoms with Crippen molar-refractivity contribution in [2.75, 3.05) is 25.6 Å². The minimum absolute atomic E-state index is 0.0577. The maximum absolute atomic E-state index is 12.9. The van der Waals surface area contributed by atoms with Crippen molar-refractivity contribution in [1.29, 1.82) is 0 Å². The van der Waals surface area contributed by atoms with Crippen LogP contribution in [0.2, 0.25) is 0 Å². The van der Waals surface area contributed by atoms with Crippen LogP contribution in [0.15, 0.2) is 17.1 Å². The number of rotatable bonds is 47. The molecular weight excluding hydrogens is 981 g/mol. The number of carbonyl (C=O) groups excluding carboxylic acids is 2. The zero-order valence-electron chi connectivity index (χ0n) is 45.3. The van der Waals surface area contributed by atoms with Gasteiger partial charge in [-0.2, -0.15) is 9.29 Å². The molecule has 20 heteroatoms. The van der Waals surface area contributed by atoms with Gasteiger partial charge in [0.25, 0.3) is 0 Å². The predicted molar refractivity (Wildman–Crippen MR) is 284 cm³/mol. The van der Waals surface area contributed by atoms with Crippen LogP contribution in [0.1, 0.15) is 246 Å². The summed E-state index contributed by atoms with van der Waals surface area (Å²) in [5.41, 5.74) is 4.60. The Kier molecular flexibility index (Phi) is 36.7. The van der Waals surface area contributed by atoms with E-state index in [1.165, 1.54) is 147 Å². The fourth-order valence-corrected chi connectivity index (χ4v) is 11.0. The first-order valence-corrected chi connectivity index (χ1v) is 31.3. The van der Waals surface area contributed by atoms with Crippen molar-refractivity contribution >= 4 is 33.4 Å². The molecule has 1 aromatic heterocycles. The number of phosphoric acid groups is 2. The first kappa shape index (κ1) is 66.9. The minimum Gasteiger partial charge on any atom is -0.462 e. The van der Waals surface area contributed by atoms with Gasteiger partial charge >= 0.3 is 33.3 Å². The third-order valence-electron chi connectivity index (χ3n) is 13.3. The lowest BCUT2D eigenvalue weighted by atomic mass is 10.0. The number of carbonyl (C=O) groups is 2. The number of unbranched alkanes of at least 4 members (excludes halogenated alkanes) is 27. The summed E-state index contributed by atoms with van der Waals surface area (Å²) in [7, 11) is -10.8. The molecular formula is C53H99N3O15P2. The molecule has 7 atom stereocenters. The normalized spacial score (nSPS) is 19.0. The van der Waals surface area contributed by atoms with Crippen LogP contribution in [0.3, 0.4) is 0 Å². The van der Waals surface area contributed by atoms with E-state index in [-0.39, 0.29) is 18.7 Å². The number of aliphatic hydroxyl groups excluding tert-OH is 2. The van der Waals surface area contributed by atoms with Crippen LogP contribution in [0, 0.1) is 11.8 Å². The minimum atomic E-state index is -5.42. The van der Waals surface area contributed by atoms with E-state index in [2.05, 4.69) is 37.0 Å². The van der Waals surface area contributed by atoms with Crippen LogP contribution in [0.4, 0.5) is 5.82 Å². The van der Waals surface area contributed by atoms with Crippen molar-refractivity contribution < 1.29 is 66.3 Å². The van der Waals surface area contributed by atoms with E-state index in [0.717, 1.165) is 67.8 Å². The molecule has 1 aliphatic heterocycles. The highest BCUT2D eigenvalue weighted by molar-refractivity contribution is 7.61. The summed E-state index contributed by atoms with van der Waals surface area (Å²) in [5.74, 6) is 0.315. The lowest BCUT2D eigenvalue weighted by Crippen LogP contribution is -2.36. The zero-order valence-corrected chi connectivity index (χ0v) is 47.1. The van der Waals surface area contributed by atoms with E-state index in [1.54, 1.807) is 0 Å². The Bertz CT molecular complexity index is 1750. The molecule has 2 rings (SSSR count). The molecule has 73 heavy (non-hydrogen) atoms. The monoisotopic (exact) mass is 1080 g/mol.